The summed E-state index contributed by atoms with van der Waals surface area (Å²) in [6.45, 7) is 1.31. The Hall–Kier alpha value is -2.83. The van der Waals surface area contributed by atoms with Crippen LogP contribution in [0, 0.1) is 0 Å². The van der Waals surface area contributed by atoms with Crippen molar-refractivity contribution in [1.29, 1.82) is 0 Å². The number of aromatic nitrogens is 2. The molecule has 1 aromatic heterocycles. The minimum Gasteiger partial charge on any atom is -0.453 e. The zero-order valence-electron chi connectivity index (χ0n) is 20.4. The molecule has 1 atom stereocenters. The molecule has 8 nitrogen and oxygen atoms in total. The van der Waals surface area contributed by atoms with Crippen LogP contribution < -0.4 is 10.7 Å². The molecule has 1 fully saturated rings. The maximum absolute atomic E-state index is 13.3. The van der Waals surface area contributed by atoms with Gasteiger partial charge in [-0.1, -0.05) is 41.8 Å². The number of hydrogen-bond acceptors (Lipinski definition) is 6. The van der Waals surface area contributed by atoms with Gasteiger partial charge in [-0.05, 0) is 43.2 Å². The lowest BCUT2D eigenvalue weighted by atomic mass is 10.0. The van der Waals surface area contributed by atoms with Crippen LogP contribution in [0.3, 0.4) is 0 Å². The first-order valence-corrected chi connectivity index (χ1v) is 12.6. The molecule has 4 rings (SSSR count). The van der Waals surface area contributed by atoms with Crippen LogP contribution in [0.4, 0.5) is 18.0 Å². The third-order valence-corrected chi connectivity index (χ3v) is 6.69. The van der Waals surface area contributed by atoms with Gasteiger partial charge >= 0.3 is 12.3 Å². The second-order valence-corrected chi connectivity index (χ2v) is 9.56. The number of aliphatic hydroxyl groups excluding tert-OH is 1. The molecule has 13 heteroatoms. The lowest BCUT2D eigenvalue weighted by Gasteiger charge is -2.29. The van der Waals surface area contributed by atoms with Crippen LogP contribution in [0.5, 0.6) is 0 Å². The number of benzene rings is 2. The van der Waals surface area contributed by atoms with Gasteiger partial charge in [0.1, 0.15) is 5.69 Å². The summed E-state index contributed by atoms with van der Waals surface area (Å²) in [5.74, 6) is 0. The number of amides is 1. The molecule has 3 N–H and O–H groups in total. The van der Waals surface area contributed by atoms with E-state index in [-0.39, 0.29) is 17.3 Å². The average Bonchev–Trinajstić information content (AvgIpc) is 3.26. The van der Waals surface area contributed by atoms with Gasteiger partial charge in [0.25, 0.3) is 0 Å². The highest BCUT2D eigenvalue weighted by atomic mass is 35.5. The van der Waals surface area contributed by atoms with Gasteiger partial charge in [0.05, 0.1) is 35.6 Å². The number of nitrogens with one attached hydrogen (secondary N) is 2. The van der Waals surface area contributed by atoms with E-state index in [0.717, 1.165) is 44.5 Å². The smallest absolute Gasteiger partial charge is 0.416 e. The van der Waals surface area contributed by atoms with E-state index in [1.54, 1.807) is 12.1 Å². The maximum Gasteiger partial charge on any atom is 0.416 e. The Morgan fingerprint density at radius 1 is 1.13 bits per heavy atom. The summed E-state index contributed by atoms with van der Waals surface area (Å²) in [5.41, 5.74) is 3.80. The van der Waals surface area contributed by atoms with Crippen molar-refractivity contribution in [2.45, 2.75) is 38.2 Å². The molecule has 0 aliphatic carbocycles. The van der Waals surface area contributed by atoms with E-state index in [0.29, 0.717) is 27.5 Å². The van der Waals surface area contributed by atoms with Crippen molar-refractivity contribution in [1.82, 2.24) is 25.5 Å². The van der Waals surface area contributed by atoms with Crippen molar-refractivity contribution >= 4 is 29.3 Å². The van der Waals surface area contributed by atoms with Crippen LogP contribution in [0.1, 0.15) is 42.3 Å². The number of aliphatic hydroxyl groups is 1. The molecule has 204 valence electrons. The first-order chi connectivity index (χ1) is 18.1. The first kappa shape index (κ1) is 28.2. The highest BCUT2D eigenvalue weighted by molar-refractivity contribution is 6.35. The molecule has 0 spiro atoms. The molecule has 2 aromatic carbocycles. The number of halogens is 5. The zero-order valence-corrected chi connectivity index (χ0v) is 21.9. The lowest BCUT2D eigenvalue weighted by molar-refractivity contribution is -0.137. The number of hydrazine groups is 1. The standard InChI is InChI=1S/C25H26Cl2F3N5O3/c1-38-24(37)31-14-18-21(23(36)33-34-11-3-2-4-12-34)32-35(20-10-9-17(26)13-19(20)27)22(18)15-5-7-16(8-6-15)25(28,29)30/h5-10,13,23,33,36H,2-4,11-12,14H2,1H3,(H,31,37). The summed E-state index contributed by atoms with van der Waals surface area (Å²) in [6, 6.07) is 9.22. The fourth-order valence-corrected chi connectivity index (χ4v) is 4.78. The van der Waals surface area contributed by atoms with E-state index in [1.807, 2.05) is 5.01 Å². The van der Waals surface area contributed by atoms with Crippen LogP contribution in [0.15, 0.2) is 42.5 Å². The molecule has 1 unspecified atom stereocenters. The highest BCUT2D eigenvalue weighted by Crippen LogP contribution is 2.36. The number of rotatable bonds is 7. The quantitative estimate of drug-likeness (QED) is 0.315. The third-order valence-electron chi connectivity index (χ3n) is 6.15. The molecule has 1 aliphatic rings. The van der Waals surface area contributed by atoms with Crippen LogP contribution >= 0.6 is 23.2 Å². The van der Waals surface area contributed by atoms with E-state index >= 15 is 0 Å². The van der Waals surface area contributed by atoms with Gasteiger partial charge in [-0.2, -0.15) is 18.3 Å². The molecule has 0 bridgehead atoms. The summed E-state index contributed by atoms with van der Waals surface area (Å²) in [5, 5.41) is 20.9. The van der Waals surface area contributed by atoms with E-state index in [4.69, 9.17) is 27.9 Å². The summed E-state index contributed by atoms with van der Waals surface area (Å²) >= 11 is 12.6. The number of carbonyl (C=O) groups excluding carboxylic acids is 1. The Kier molecular flexibility index (Phi) is 8.84. The molecule has 2 heterocycles. The number of ether oxygens (including phenoxy) is 1. The van der Waals surface area contributed by atoms with Gasteiger partial charge in [0, 0.05) is 29.2 Å². The minimum atomic E-state index is -4.52. The molecular formula is C25H26Cl2F3N5O3. The fraction of sp³-hybridized carbons (Fsp3) is 0.360. The number of alkyl halides is 3. The Bertz CT molecular complexity index is 1280. The van der Waals surface area contributed by atoms with Crippen LogP contribution in [0.2, 0.25) is 10.0 Å². The van der Waals surface area contributed by atoms with E-state index < -0.39 is 24.1 Å². The van der Waals surface area contributed by atoms with E-state index in [9.17, 15) is 23.1 Å². The second-order valence-electron chi connectivity index (χ2n) is 8.72. The number of carbonyl (C=O) groups is 1. The molecule has 3 aromatic rings. The van der Waals surface area contributed by atoms with Gasteiger partial charge < -0.3 is 15.2 Å². The predicted molar refractivity (Wildman–Crippen MR) is 137 cm³/mol. The SMILES string of the molecule is COC(=O)NCc1c(C(O)NN2CCCCC2)nn(-c2ccc(Cl)cc2Cl)c1-c1ccc(C(F)(F)F)cc1. The number of hydrogen-bond donors (Lipinski definition) is 3. The van der Waals surface area contributed by atoms with Gasteiger partial charge in [0.2, 0.25) is 0 Å². The topological polar surface area (TPSA) is 91.7 Å². The van der Waals surface area contributed by atoms with Crippen LogP contribution in [-0.4, -0.2) is 46.2 Å². The number of alkyl carbamates (subject to hydrolysis) is 1. The summed E-state index contributed by atoms with van der Waals surface area (Å²) in [7, 11) is 1.21. The molecule has 1 amide bonds. The first-order valence-electron chi connectivity index (χ1n) is 11.8. The van der Waals surface area contributed by atoms with Crippen molar-refractivity contribution in [3.8, 4) is 16.9 Å². The minimum absolute atomic E-state index is 0.137. The van der Waals surface area contributed by atoms with Crippen molar-refractivity contribution < 1.29 is 27.8 Å². The monoisotopic (exact) mass is 571 g/mol. The van der Waals surface area contributed by atoms with Crippen LogP contribution in [-0.2, 0) is 17.5 Å². The van der Waals surface area contributed by atoms with Crippen molar-refractivity contribution in [3.63, 3.8) is 0 Å². The van der Waals surface area contributed by atoms with Gasteiger partial charge in [-0.15, -0.1) is 0 Å². The highest BCUT2D eigenvalue weighted by Gasteiger charge is 2.31. The lowest BCUT2D eigenvalue weighted by Crippen LogP contribution is -2.44. The Morgan fingerprint density at radius 3 is 2.42 bits per heavy atom. The predicted octanol–water partition coefficient (Wildman–Crippen LogP) is 5.70. The number of methoxy groups -OCH3 is 1. The number of piperidine rings is 1. The Morgan fingerprint density at radius 2 is 1.82 bits per heavy atom. The van der Waals surface area contributed by atoms with Crippen molar-refractivity contribution in [3.05, 3.63) is 69.3 Å². The van der Waals surface area contributed by atoms with Crippen molar-refractivity contribution in [2.75, 3.05) is 20.2 Å². The normalized spacial score (nSPS) is 15.3. The molecular weight excluding hydrogens is 546 g/mol. The van der Waals surface area contributed by atoms with Crippen molar-refractivity contribution in [2.24, 2.45) is 0 Å². The van der Waals surface area contributed by atoms with Crippen LogP contribution in [0.25, 0.3) is 16.9 Å². The Balaban J connectivity index is 1.88. The maximum atomic E-state index is 13.3. The zero-order chi connectivity index (χ0) is 27.4. The second kappa shape index (κ2) is 11.9. The average molecular weight is 572 g/mol. The third kappa shape index (κ3) is 6.41. The molecule has 0 radical (unpaired) electrons. The van der Waals surface area contributed by atoms with Gasteiger partial charge in [-0.3, -0.25) is 0 Å². The summed E-state index contributed by atoms with van der Waals surface area (Å²) in [4.78, 5) is 11.9. The van der Waals surface area contributed by atoms with E-state index in [2.05, 4.69) is 15.8 Å². The largest absolute Gasteiger partial charge is 0.453 e. The number of nitrogens with zero attached hydrogens (tertiary/aromatic N) is 3. The van der Waals surface area contributed by atoms with Gasteiger partial charge in [-0.25, -0.2) is 19.9 Å². The van der Waals surface area contributed by atoms with E-state index in [1.165, 1.54) is 30.0 Å². The fourth-order valence-electron chi connectivity index (χ4n) is 4.29. The molecule has 1 aliphatic heterocycles. The summed E-state index contributed by atoms with van der Waals surface area (Å²) < 4.78 is 45.9. The summed E-state index contributed by atoms with van der Waals surface area (Å²) in [6.07, 6.45) is -3.53. The van der Waals surface area contributed by atoms with Gasteiger partial charge in [0.15, 0.2) is 6.23 Å². The molecule has 0 saturated carbocycles. The Labute approximate surface area is 227 Å². The molecule has 38 heavy (non-hydrogen) atoms. The molecule has 1 saturated heterocycles.